The van der Waals surface area contributed by atoms with Gasteiger partial charge in [-0.15, -0.1) is 0 Å². The van der Waals surface area contributed by atoms with Crippen LogP contribution in [0.25, 0.3) is 0 Å². The number of nitrogens with zero attached hydrogens (tertiary/aromatic N) is 3. The van der Waals surface area contributed by atoms with Crippen LogP contribution in [0.15, 0.2) is 12.4 Å². The Morgan fingerprint density at radius 1 is 1.56 bits per heavy atom. The Morgan fingerprint density at radius 3 is 2.94 bits per heavy atom. The van der Waals surface area contributed by atoms with E-state index in [-0.39, 0.29) is 17.8 Å². The Labute approximate surface area is 108 Å². The topological polar surface area (TPSA) is 47.4 Å². The number of rotatable bonds is 3. The first kappa shape index (κ1) is 13.1. The van der Waals surface area contributed by atoms with E-state index in [1.54, 1.807) is 4.68 Å². The lowest BCUT2D eigenvalue weighted by Crippen LogP contribution is -2.41. The van der Waals surface area contributed by atoms with E-state index in [9.17, 15) is 4.79 Å². The van der Waals surface area contributed by atoms with E-state index in [1.807, 2.05) is 33.4 Å². The van der Waals surface area contributed by atoms with Gasteiger partial charge in [0.1, 0.15) is 0 Å². The SMILES string of the molecule is CCOC(=O)[C@H]1CN(C)CC[C@@H]1c1cnn(C)c1. The number of piperidine rings is 1. The molecule has 0 saturated carbocycles. The van der Waals surface area contributed by atoms with E-state index in [4.69, 9.17) is 4.74 Å². The summed E-state index contributed by atoms with van der Waals surface area (Å²) in [5, 5.41) is 4.20. The summed E-state index contributed by atoms with van der Waals surface area (Å²) in [4.78, 5) is 14.2. The number of carbonyl (C=O) groups excluding carboxylic acids is 1. The Bertz CT molecular complexity index is 416. The van der Waals surface area contributed by atoms with Gasteiger partial charge < -0.3 is 9.64 Å². The lowest BCUT2D eigenvalue weighted by Gasteiger charge is -2.34. The highest BCUT2D eigenvalue weighted by atomic mass is 16.5. The van der Waals surface area contributed by atoms with E-state index in [2.05, 4.69) is 10.00 Å². The van der Waals surface area contributed by atoms with Crippen LogP contribution in [0.2, 0.25) is 0 Å². The van der Waals surface area contributed by atoms with Crippen molar-refractivity contribution in [3.8, 4) is 0 Å². The van der Waals surface area contributed by atoms with Gasteiger partial charge in [0.05, 0.1) is 18.7 Å². The minimum absolute atomic E-state index is 0.0760. The summed E-state index contributed by atoms with van der Waals surface area (Å²) >= 11 is 0. The molecule has 1 fully saturated rings. The lowest BCUT2D eigenvalue weighted by atomic mass is 9.82. The standard InChI is InChI=1S/C13H21N3O2/c1-4-18-13(17)12-9-15(2)6-5-11(12)10-7-14-16(3)8-10/h7-8,11-12H,4-6,9H2,1-3H3/t11-,12+/m1/s1. The zero-order valence-electron chi connectivity index (χ0n) is 11.3. The van der Waals surface area contributed by atoms with E-state index < -0.39 is 0 Å². The molecule has 1 aliphatic heterocycles. The van der Waals surface area contributed by atoms with Gasteiger partial charge in [0.25, 0.3) is 0 Å². The van der Waals surface area contributed by atoms with Gasteiger partial charge in [0, 0.05) is 25.7 Å². The fraction of sp³-hybridized carbons (Fsp3) is 0.692. The van der Waals surface area contributed by atoms with Crippen molar-refractivity contribution in [2.75, 3.05) is 26.7 Å². The Morgan fingerprint density at radius 2 is 2.33 bits per heavy atom. The second kappa shape index (κ2) is 5.52. The average Bonchev–Trinajstić information content (AvgIpc) is 2.76. The van der Waals surface area contributed by atoms with Crippen LogP contribution in [-0.4, -0.2) is 47.4 Å². The highest BCUT2D eigenvalue weighted by Crippen LogP contribution is 2.33. The number of esters is 1. The van der Waals surface area contributed by atoms with E-state index >= 15 is 0 Å². The van der Waals surface area contributed by atoms with Crippen LogP contribution in [0.3, 0.4) is 0 Å². The van der Waals surface area contributed by atoms with Crippen molar-refractivity contribution in [1.29, 1.82) is 0 Å². The molecule has 0 N–H and O–H groups in total. The van der Waals surface area contributed by atoms with Crippen molar-refractivity contribution in [1.82, 2.24) is 14.7 Å². The van der Waals surface area contributed by atoms with Crippen molar-refractivity contribution in [2.45, 2.75) is 19.3 Å². The third-order valence-corrected chi connectivity index (χ3v) is 3.56. The Kier molecular flexibility index (Phi) is 4.01. The molecule has 5 nitrogen and oxygen atoms in total. The molecule has 18 heavy (non-hydrogen) atoms. The molecular weight excluding hydrogens is 230 g/mol. The summed E-state index contributed by atoms with van der Waals surface area (Å²) in [5.74, 6) is 0.0692. The molecule has 2 atom stereocenters. The number of likely N-dealkylation sites (tertiary alicyclic amines) is 1. The molecule has 0 unspecified atom stereocenters. The maximum Gasteiger partial charge on any atom is 0.310 e. The largest absolute Gasteiger partial charge is 0.466 e. The van der Waals surface area contributed by atoms with Crippen LogP contribution in [0.5, 0.6) is 0 Å². The fourth-order valence-corrected chi connectivity index (χ4v) is 2.63. The number of hydrogen-bond acceptors (Lipinski definition) is 4. The van der Waals surface area contributed by atoms with E-state index in [1.165, 1.54) is 0 Å². The summed E-state index contributed by atoms with van der Waals surface area (Å²) in [6.45, 7) is 4.07. The van der Waals surface area contributed by atoms with Gasteiger partial charge in [-0.25, -0.2) is 0 Å². The molecule has 0 bridgehead atoms. The highest BCUT2D eigenvalue weighted by Gasteiger charge is 2.35. The predicted octanol–water partition coefficient (Wildman–Crippen LogP) is 1.02. The molecule has 100 valence electrons. The maximum atomic E-state index is 12.1. The minimum Gasteiger partial charge on any atom is -0.466 e. The first-order valence-corrected chi connectivity index (χ1v) is 6.45. The second-order valence-electron chi connectivity index (χ2n) is 4.96. The monoisotopic (exact) mass is 251 g/mol. The van der Waals surface area contributed by atoms with Crippen molar-refractivity contribution < 1.29 is 9.53 Å². The molecule has 1 saturated heterocycles. The molecule has 0 aliphatic carbocycles. The van der Waals surface area contributed by atoms with Gasteiger partial charge in [0.2, 0.25) is 0 Å². The molecule has 1 aromatic heterocycles. The molecule has 0 spiro atoms. The van der Waals surface area contributed by atoms with Crippen molar-refractivity contribution in [2.24, 2.45) is 13.0 Å². The van der Waals surface area contributed by atoms with Crippen LogP contribution < -0.4 is 0 Å². The van der Waals surface area contributed by atoms with Gasteiger partial charge in [-0.3, -0.25) is 9.48 Å². The minimum atomic E-state index is -0.0853. The van der Waals surface area contributed by atoms with Crippen LogP contribution in [0.4, 0.5) is 0 Å². The van der Waals surface area contributed by atoms with Gasteiger partial charge in [0.15, 0.2) is 0 Å². The van der Waals surface area contributed by atoms with Gasteiger partial charge in [-0.05, 0) is 32.5 Å². The Balaban J connectivity index is 2.17. The maximum absolute atomic E-state index is 12.1. The van der Waals surface area contributed by atoms with Gasteiger partial charge in [-0.2, -0.15) is 5.10 Å². The zero-order chi connectivity index (χ0) is 13.1. The number of hydrogen-bond donors (Lipinski definition) is 0. The van der Waals surface area contributed by atoms with Crippen LogP contribution in [0, 0.1) is 5.92 Å². The third kappa shape index (κ3) is 2.72. The van der Waals surface area contributed by atoms with E-state index in [0.717, 1.165) is 25.1 Å². The first-order valence-electron chi connectivity index (χ1n) is 6.45. The summed E-state index contributed by atoms with van der Waals surface area (Å²) in [7, 11) is 3.95. The van der Waals surface area contributed by atoms with E-state index in [0.29, 0.717) is 6.61 Å². The van der Waals surface area contributed by atoms with Gasteiger partial charge >= 0.3 is 5.97 Å². The van der Waals surface area contributed by atoms with Crippen molar-refractivity contribution in [3.05, 3.63) is 18.0 Å². The molecule has 0 amide bonds. The molecule has 0 radical (unpaired) electrons. The quantitative estimate of drug-likeness (QED) is 0.753. The molecule has 1 aliphatic rings. The normalized spacial score (nSPS) is 25.1. The number of carbonyl (C=O) groups is 1. The molecule has 5 heteroatoms. The smallest absolute Gasteiger partial charge is 0.310 e. The predicted molar refractivity (Wildman–Crippen MR) is 68.2 cm³/mol. The Hall–Kier alpha value is -1.36. The molecular formula is C13H21N3O2. The van der Waals surface area contributed by atoms with Crippen LogP contribution in [0.1, 0.15) is 24.8 Å². The van der Waals surface area contributed by atoms with Crippen molar-refractivity contribution >= 4 is 5.97 Å². The number of aromatic nitrogens is 2. The second-order valence-corrected chi connectivity index (χ2v) is 4.96. The third-order valence-electron chi connectivity index (χ3n) is 3.56. The van der Waals surface area contributed by atoms with Crippen LogP contribution >= 0.6 is 0 Å². The summed E-state index contributed by atoms with van der Waals surface area (Å²) < 4.78 is 6.98. The summed E-state index contributed by atoms with van der Waals surface area (Å²) in [5.41, 5.74) is 1.14. The highest BCUT2D eigenvalue weighted by molar-refractivity contribution is 5.74. The number of ether oxygens (including phenoxy) is 1. The zero-order valence-corrected chi connectivity index (χ0v) is 11.3. The summed E-state index contributed by atoms with van der Waals surface area (Å²) in [6.07, 6.45) is 4.84. The van der Waals surface area contributed by atoms with Crippen LogP contribution in [-0.2, 0) is 16.6 Å². The molecule has 0 aromatic carbocycles. The number of aryl methyl sites for hydroxylation is 1. The molecule has 1 aromatic rings. The first-order chi connectivity index (χ1) is 8.61. The average molecular weight is 251 g/mol. The van der Waals surface area contributed by atoms with Gasteiger partial charge in [-0.1, -0.05) is 0 Å². The molecule has 2 heterocycles. The summed E-state index contributed by atoms with van der Waals surface area (Å²) in [6, 6.07) is 0. The molecule has 2 rings (SSSR count). The lowest BCUT2D eigenvalue weighted by molar-refractivity contribution is -0.150. The van der Waals surface area contributed by atoms with Crippen molar-refractivity contribution in [3.63, 3.8) is 0 Å². The fourth-order valence-electron chi connectivity index (χ4n) is 2.63.